The lowest BCUT2D eigenvalue weighted by atomic mass is 9.87. The monoisotopic (exact) mass is 326 g/mol. The molecule has 3 N–H and O–H groups in total. The van der Waals surface area contributed by atoms with Crippen LogP contribution >= 0.6 is 0 Å². The maximum atomic E-state index is 12.1. The maximum absolute atomic E-state index is 12.1. The van der Waals surface area contributed by atoms with Crippen molar-refractivity contribution in [3.05, 3.63) is 65.2 Å². The van der Waals surface area contributed by atoms with Gasteiger partial charge in [-0.15, -0.1) is 0 Å². The Hall–Kier alpha value is -2.82. The molecule has 0 spiro atoms. The van der Waals surface area contributed by atoms with E-state index in [0.29, 0.717) is 11.1 Å². The number of phenolic OH excluding ortho intramolecular Hbond substituents is 1. The third kappa shape index (κ3) is 4.84. The highest BCUT2D eigenvalue weighted by Crippen LogP contribution is 2.22. The number of hydrogen-bond donors (Lipinski definition) is 3. The molecule has 0 heterocycles. The van der Waals surface area contributed by atoms with Gasteiger partial charge in [-0.05, 0) is 40.8 Å². The van der Waals surface area contributed by atoms with E-state index < -0.39 is 0 Å². The number of hydrazine groups is 1. The second-order valence-corrected chi connectivity index (χ2v) is 6.68. The predicted molar refractivity (Wildman–Crippen MR) is 92.6 cm³/mol. The van der Waals surface area contributed by atoms with Crippen LogP contribution in [0.4, 0.5) is 0 Å². The third-order valence-corrected chi connectivity index (χ3v) is 3.60. The van der Waals surface area contributed by atoms with Crippen molar-refractivity contribution < 1.29 is 14.7 Å². The minimum absolute atomic E-state index is 0.0183. The van der Waals surface area contributed by atoms with Gasteiger partial charge in [0.2, 0.25) is 5.91 Å². The molecule has 0 unspecified atom stereocenters. The molecule has 2 rings (SSSR count). The Kier molecular flexibility index (Phi) is 5.24. The van der Waals surface area contributed by atoms with E-state index in [2.05, 4.69) is 31.6 Å². The van der Waals surface area contributed by atoms with Crippen LogP contribution in [0.1, 0.15) is 42.3 Å². The van der Waals surface area contributed by atoms with Crippen molar-refractivity contribution in [2.45, 2.75) is 32.6 Å². The fourth-order valence-corrected chi connectivity index (χ4v) is 2.22. The zero-order valence-corrected chi connectivity index (χ0v) is 14.1. The quantitative estimate of drug-likeness (QED) is 0.759. The van der Waals surface area contributed by atoms with Crippen LogP contribution in [0.25, 0.3) is 0 Å². The molecular weight excluding hydrogens is 304 g/mol. The van der Waals surface area contributed by atoms with Crippen LogP contribution in [0, 0.1) is 0 Å². The van der Waals surface area contributed by atoms with E-state index in [1.807, 2.05) is 12.1 Å². The van der Waals surface area contributed by atoms with Crippen molar-refractivity contribution in [2.24, 2.45) is 0 Å². The molecule has 0 fully saturated rings. The third-order valence-electron chi connectivity index (χ3n) is 3.60. The molecule has 126 valence electrons. The lowest BCUT2D eigenvalue weighted by molar-refractivity contribution is -0.121. The standard InChI is InChI=1S/C19H22N2O3/c1-19(2,3)15-9-7-14(8-10-15)18(24)21-20-17(23)12-13-5-4-6-16(22)11-13/h4-11,22H,12H2,1-3H3,(H,20,23)(H,21,24). The van der Waals surface area contributed by atoms with E-state index in [1.54, 1.807) is 24.3 Å². The summed E-state index contributed by atoms with van der Waals surface area (Å²) in [6, 6.07) is 13.7. The molecule has 0 aliphatic carbocycles. The Morgan fingerprint density at radius 1 is 1.00 bits per heavy atom. The smallest absolute Gasteiger partial charge is 0.269 e. The van der Waals surface area contributed by atoms with E-state index in [1.165, 1.54) is 12.1 Å². The first kappa shape index (κ1) is 17.5. The minimum Gasteiger partial charge on any atom is -0.508 e. The normalized spacial score (nSPS) is 11.0. The molecule has 0 atom stereocenters. The molecule has 0 aromatic heterocycles. The summed E-state index contributed by atoms with van der Waals surface area (Å²) < 4.78 is 0. The van der Waals surface area contributed by atoms with Crippen LogP contribution in [0.15, 0.2) is 48.5 Å². The molecular formula is C19H22N2O3. The first-order valence-electron chi connectivity index (χ1n) is 7.73. The van der Waals surface area contributed by atoms with Crippen LogP contribution in [-0.2, 0) is 16.6 Å². The topological polar surface area (TPSA) is 78.4 Å². The van der Waals surface area contributed by atoms with Crippen molar-refractivity contribution in [2.75, 3.05) is 0 Å². The molecule has 24 heavy (non-hydrogen) atoms. The average molecular weight is 326 g/mol. The van der Waals surface area contributed by atoms with Crippen molar-refractivity contribution >= 4 is 11.8 Å². The zero-order valence-electron chi connectivity index (χ0n) is 14.1. The van der Waals surface area contributed by atoms with Gasteiger partial charge in [-0.2, -0.15) is 0 Å². The van der Waals surface area contributed by atoms with Gasteiger partial charge in [-0.25, -0.2) is 0 Å². The number of benzene rings is 2. The molecule has 0 saturated carbocycles. The lowest BCUT2D eigenvalue weighted by Gasteiger charge is -2.19. The van der Waals surface area contributed by atoms with E-state index in [0.717, 1.165) is 5.56 Å². The summed E-state index contributed by atoms with van der Waals surface area (Å²) in [5.74, 6) is -0.636. The van der Waals surface area contributed by atoms with Gasteiger partial charge in [0, 0.05) is 5.56 Å². The number of nitrogens with one attached hydrogen (secondary N) is 2. The largest absolute Gasteiger partial charge is 0.508 e. The number of phenols is 1. The van der Waals surface area contributed by atoms with Gasteiger partial charge >= 0.3 is 0 Å². The summed E-state index contributed by atoms with van der Waals surface area (Å²) in [7, 11) is 0. The van der Waals surface area contributed by atoms with Gasteiger partial charge in [0.15, 0.2) is 0 Å². The van der Waals surface area contributed by atoms with Crippen LogP contribution < -0.4 is 10.9 Å². The molecule has 0 saturated heterocycles. The first-order valence-corrected chi connectivity index (χ1v) is 7.73. The van der Waals surface area contributed by atoms with Gasteiger partial charge in [0.1, 0.15) is 5.75 Å². The maximum Gasteiger partial charge on any atom is 0.269 e. The molecule has 2 amide bonds. The number of carbonyl (C=O) groups is 2. The van der Waals surface area contributed by atoms with Crippen LogP contribution in [-0.4, -0.2) is 16.9 Å². The summed E-state index contributed by atoms with van der Waals surface area (Å²) >= 11 is 0. The molecule has 5 nitrogen and oxygen atoms in total. The van der Waals surface area contributed by atoms with Gasteiger partial charge in [0.05, 0.1) is 6.42 Å². The fourth-order valence-electron chi connectivity index (χ4n) is 2.22. The Morgan fingerprint density at radius 3 is 2.25 bits per heavy atom. The number of rotatable bonds is 3. The van der Waals surface area contributed by atoms with Crippen LogP contribution in [0.5, 0.6) is 5.75 Å². The summed E-state index contributed by atoms with van der Waals surface area (Å²) in [6.07, 6.45) is 0.0671. The minimum atomic E-state index is -0.375. The second-order valence-electron chi connectivity index (χ2n) is 6.68. The predicted octanol–water partition coefficient (Wildman–Crippen LogP) is 2.69. The highest BCUT2D eigenvalue weighted by molar-refractivity contribution is 5.95. The van der Waals surface area contributed by atoms with Gasteiger partial charge in [-0.3, -0.25) is 20.4 Å². The summed E-state index contributed by atoms with van der Waals surface area (Å²) in [6.45, 7) is 6.30. The molecule has 2 aromatic rings. The molecule has 2 aromatic carbocycles. The summed E-state index contributed by atoms with van der Waals surface area (Å²) in [4.78, 5) is 23.9. The van der Waals surface area contributed by atoms with Crippen molar-refractivity contribution in [3.63, 3.8) is 0 Å². The second kappa shape index (κ2) is 7.17. The molecule has 0 bridgehead atoms. The van der Waals surface area contributed by atoms with E-state index in [-0.39, 0.29) is 29.4 Å². The Balaban J connectivity index is 1.89. The highest BCUT2D eigenvalue weighted by atomic mass is 16.3. The zero-order chi connectivity index (χ0) is 17.7. The Morgan fingerprint density at radius 2 is 1.67 bits per heavy atom. The molecule has 0 radical (unpaired) electrons. The fraction of sp³-hybridized carbons (Fsp3) is 0.263. The molecule has 0 aliphatic rings. The summed E-state index contributed by atoms with van der Waals surface area (Å²) in [5, 5.41) is 9.37. The van der Waals surface area contributed by atoms with E-state index in [4.69, 9.17) is 0 Å². The number of hydrogen-bond acceptors (Lipinski definition) is 3. The lowest BCUT2D eigenvalue weighted by Crippen LogP contribution is -2.42. The molecule has 0 aliphatic heterocycles. The average Bonchev–Trinajstić information content (AvgIpc) is 2.52. The van der Waals surface area contributed by atoms with Crippen molar-refractivity contribution in [1.82, 2.24) is 10.9 Å². The highest BCUT2D eigenvalue weighted by Gasteiger charge is 2.14. The van der Waals surface area contributed by atoms with Crippen LogP contribution in [0.3, 0.4) is 0 Å². The van der Waals surface area contributed by atoms with Crippen LogP contribution in [0.2, 0.25) is 0 Å². The van der Waals surface area contributed by atoms with Gasteiger partial charge in [0.25, 0.3) is 5.91 Å². The van der Waals surface area contributed by atoms with Gasteiger partial charge in [-0.1, -0.05) is 45.0 Å². The van der Waals surface area contributed by atoms with Gasteiger partial charge < -0.3 is 5.11 Å². The SMILES string of the molecule is CC(C)(C)c1ccc(C(=O)NNC(=O)Cc2cccc(O)c2)cc1. The van der Waals surface area contributed by atoms with Crippen molar-refractivity contribution in [3.8, 4) is 5.75 Å². The Labute approximate surface area is 141 Å². The van der Waals surface area contributed by atoms with E-state index >= 15 is 0 Å². The number of amides is 2. The molecule has 5 heteroatoms. The first-order chi connectivity index (χ1) is 11.3. The van der Waals surface area contributed by atoms with Crippen molar-refractivity contribution in [1.29, 1.82) is 0 Å². The Bertz CT molecular complexity index is 731. The van der Waals surface area contributed by atoms with E-state index in [9.17, 15) is 14.7 Å². The number of aromatic hydroxyl groups is 1. The summed E-state index contributed by atoms with van der Waals surface area (Å²) in [5.41, 5.74) is 7.05. The number of carbonyl (C=O) groups excluding carboxylic acids is 2.